The number of carboxylic acids is 1. The Balaban J connectivity index is 2.36. The van der Waals surface area contributed by atoms with Crippen molar-refractivity contribution in [2.24, 2.45) is 0 Å². The maximum absolute atomic E-state index is 11.5. The number of nitrogens with one attached hydrogen (secondary N) is 1. The lowest BCUT2D eigenvalue weighted by atomic mass is 9.96. The summed E-state index contributed by atoms with van der Waals surface area (Å²) in [6.07, 6.45) is 1.26. The van der Waals surface area contributed by atoms with Gasteiger partial charge in [-0.1, -0.05) is 25.9 Å². The van der Waals surface area contributed by atoms with Crippen LogP contribution in [-0.2, 0) is 21.4 Å². The Kier molecular flexibility index (Phi) is 5.24. The molecule has 0 aliphatic rings. The number of hydrogen-bond acceptors (Lipinski definition) is 5. The van der Waals surface area contributed by atoms with E-state index in [9.17, 15) is 9.59 Å². The fourth-order valence-corrected chi connectivity index (χ4v) is 1.44. The normalized spacial score (nSPS) is 13.0. The van der Waals surface area contributed by atoms with Gasteiger partial charge in [0.15, 0.2) is 5.82 Å². The molecule has 1 atom stereocenters. The van der Waals surface area contributed by atoms with Crippen LogP contribution in [0.3, 0.4) is 0 Å². The van der Waals surface area contributed by atoms with Gasteiger partial charge in [-0.15, -0.1) is 0 Å². The van der Waals surface area contributed by atoms with E-state index in [2.05, 4.69) is 15.5 Å². The van der Waals surface area contributed by atoms with Crippen LogP contribution in [0.4, 0.5) is 0 Å². The molecule has 0 aromatic carbocycles. The van der Waals surface area contributed by atoms with Crippen LogP contribution in [0.15, 0.2) is 4.52 Å². The van der Waals surface area contributed by atoms with E-state index in [0.717, 1.165) is 0 Å². The van der Waals surface area contributed by atoms with Gasteiger partial charge in [0.2, 0.25) is 11.8 Å². The molecule has 0 aliphatic heterocycles. The van der Waals surface area contributed by atoms with E-state index >= 15 is 0 Å². The Bertz CT molecular complexity index is 476. The zero-order valence-electron chi connectivity index (χ0n) is 12.3. The maximum atomic E-state index is 11.5. The molecule has 1 aromatic heterocycles. The summed E-state index contributed by atoms with van der Waals surface area (Å²) in [4.78, 5) is 26.3. The van der Waals surface area contributed by atoms with Crippen molar-refractivity contribution >= 4 is 11.9 Å². The van der Waals surface area contributed by atoms with Crippen LogP contribution in [0.2, 0.25) is 0 Å². The molecule has 0 saturated carbocycles. The van der Waals surface area contributed by atoms with Crippen molar-refractivity contribution in [3.63, 3.8) is 0 Å². The highest BCUT2D eigenvalue weighted by atomic mass is 16.5. The van der Waals surface area contributed by atoms with Gasteiger partial charge in [0, 0.05) is 18.3 Å². The smallest absolute Gasteiger partial charge is 0.325 e. The van der Waals surface area contributed by atoms with Gasteiger partial charge < -0.3 is 14.9 Å². The van der Waals surface area contributed by atoms with Gasteiger partial charge in [0.1, 0.15) is 6.04 Å². The van der Waals surface area contributed by atoms with Gasteiger partial charge >= 0.3 is 5.97 Å². The van der Waals surface area contributed by atoms with Gasteiger partial charge in [-0.3, -0.25) is 9.59 Å². The van der Waals surface area contributed by atoms with Crippen LogP contribution in [0.5, 0.6) is 0 Å². The number of nitrogens with zero attached hydrogens (tertiary/aromatic N) is 2. The standard InChI is InChI=1S/C13H21N3O4/c1-8(11(18)19)14-9(17)6-5-7-10-15-12(16-20-10)13(2,3)4/h8H,5-7H2,1-4H3,(H,14,17)(H,18,19). The van der Waals surface area contributed by atoms with Crippen LogP contribution < -0.4 is 5.32 Å². The Morgan fingerprint density at radius 1 is 1.40 bits per heavy atom. The highest BCUT2D eigenvalue weighted by Crippen LogP contribution is 2.18. The number of carbonyl (C=O) groups excluding carboxylic acids is 1. The molecule has 7 heteroatoms. The Hall–Kier alpha value is -1.92. The Labute approximate surface area is 117 Å². The van der Waals surface area contributed by atoms with Crippen molar-refractivity contribution in [1.29, 1.82) is 0 Å². The topological polar surface area (TPSA) is 105 Å². The maximum Gasteiger partial charge on any atom is 0.325 e. The molecular weight excluding hydrogens is 262 g/mol. The first kappa shape index (κ1) is 16.1. The Morgan fingerprint density at radius 3 is 2.55 bits per heavy atom. The second-order valence-electron chi connectivity index (χ2n) is 5.74. The lowest BCUT2D eigenvalue weighted by Crippen LogP contribution is -2.38. The minimum absolute atomic E-state index is 0.171. The minimum atomic E-state index is -1.05. The molecule has 0 radical (unpaired) electrons. The van der Waals surface area contributed by atoms with Gasteiger partial charge in [-0.25, -0.2) is 0 Å². The SMILES string of the molecule is CC(NC(=O)CCCc1nc(C(C)(C)C)no1)C(=O)O. The van der Waals surface area contributed by atoms with Gasteiger partial charge in [0.25, 0.3) is 0 Å². The molecule has 20 heavy (non-hydrogen) atoms. The van der Waals surface area contributed by atoms with Gasteiger partial charge in [-0.2, -0.15) is 4.98 Å². The van der Waals surface area contributed by atoms with Crippen molar-refractivity contribution in [3.8, 4) is 0 Å². The van der Waals surface area contributed by atoms with Crippen LogP contribution in [-0.4, -0.2) is 33.2 Å². The first-order valence-electron chi connectivity index (χ1n) is 6.55. The molecule has 0 bridgehead atoms. The number of aryl methyl sites for hydroxylation is 1. The van der Waals surface area contributed by atoms with Crippen LogP contribution in [0.25, 0.3) is 0 Å². The first-order chi connectivity index (χ1) is 9.20. The number of aromatic nitrogens is 2. The van der Waals surface area contributed by atoms with E-state index < -0.39 is 12.0 Å². The lowest BCUT2D eigenvalue weighted by molar-refractivity contribution is -0.141. The zero-order valence-corrected chi connectivity index (χ0v) is 12.3. The molecule has 112 valence electrons. The predicted molar refractivity (Wildman–Crippen MR) is 71.2 cm³/mol. The highest BCUT2D eigenvalue weighted by Gasteiger charge is 2.21. The summed E-state index contributed by atoms with van der Waals surface area (Å²) >= 11 is 0. The molecule has 1 heterocycles. The number of carboxylic acid groups (broad SMARTS) is 1. The summed E-state index contributed by atoms with van der Waals surface area (Å²) in [6, 6.07) is -0.876. The van der Waals surface area contributed by atoms with E-state index in [1.807, 2.05) is 20.8 Å². The summed E-state index contributed by atoms with van der Waals surface area (Å²) in [7, 11) is 0. The van der Waals surface area contributed by atoms with Crippen molar-refractivity contribution in [3.05, 3.63) is 11.7 Å². The van der Waals surface area contributed by atoms with E-state index in [-0.39, 0.29) is 17.7 Å². The quantitative estimate of drug-likeness (QED) is 0.814. The number of aliphatic carboxylic acids is 1. The van der Waals surface area contributed by atoms with Gasteiger partial charge in [-0.05, 0) is 13.3 Å². The predicted octanol–water partition coefficient (Wildman–Crippen LogP) is 1.28. The lowest BCUT2D eigenvalue weighted by Gasteiger charge is -2.10. The third-order valence-electron chi connectivity index (χ3n) is 2.68. The fraction of sp³-hybridized carbons (Fsp3) is 0.692. The minimum Gasteiger partial charge on any atom is -0.480 e. The third-order valence-corrected chi connectivity index (χ3v) is 2.68. The zero-order chi connectivity index (χ0) is 15.3. The average molecular weight is 283 g/mol. The van der Waals surface area contributed by atoms with Crippen LogP contribution >= 0.6 is 0 Å². The molecule has 1 unspecified atom stereocenters. The number of rotatable bonds is 6. The monoisotopic (exact) mass is 283 g/mol. The molecule has 1 aromatic rings. The number of carbonyl (C=O) groups is 2. The number of amides is 1. The summed E-state index contributed by atoms with van der Waals surface area (Å²) in [5.41, 5.74) is -0.171. The summed E-state index contributed by atoms with van der Waals surface area (Å²) in [5, 5.41) is 14.9. The average Bonchev–Trinajstić information content (AvgIpc) is 2.77. The molecule has 7 nitrogen and oxygen atoms in total. The largest absolute Gasteiger partial charge is 0.480 e. The Morgan fingerprint density at radius 2 is 2.05 bits per heavy atom. The van der Waals surface area contributed by atoms with Crippen molar-refractivity contribution in [2.75, 3.05) is 0 Å². The molecular formula is C13H21N3O4. The van der Waals surface area contributed by atoms with E-state index in [1.165, 1.54) is 6.92 Å². The highest BCUT2D eigenvalue weighted by molar-refractivity contribution is 5.83. The van der Waals surface area contributed by atoms with Crippen molar-refractivity contribution < 1.29 is 19.2 Å². The van der Waals surface area contributed by atoms with Crippen molar-refractivity contribution in [2.45, 2.75) is 58.4 Å². The molecule has 0 aliphatic carbocycles. The molecule has 0 saturated heterocycles. The molecule has 1 amide bonds. The number of hydrogen-bond donors (Lipinski definition) is 2. The van der Waals surface area contributed by atoms with E-state index in [1.54, 1.807) is 0 Å². The van der Waals surface area contributed by atoms with Crippen molar-refractivity contribution in [1.82, 2.24) is 15.5 Å². The molecule has 1 rings (SSSR count). The fourth-order valence-electron chi connectivity index (χ4n) is 1.44. The third kappa shape index (κ3) is 4.99. The second-order valence-corrected chi connectivity index (χ2v) is 5.74. The van der Waals surface area contributed by atoms with E-state index in [0.29, 0.717) is 24.6 Å². The van der Waals surface area contributed by atoms with Crippen LogP contribution in [0, 0.1) is 0 Å². The van der Waals surface area contributed by atoms with Gasteiger partial charge in [0.05, 0.1) is 0 Å². The molecule has 0 spiro atoms. The molecule has 2 N–H and O–H groups in total. The second kappa shape index (κ2) is 6.49. The molecule has 0 fully saturated rings. The van der Waals surface area contributed by atoms with Crippen LogP contribution in [0.1, 0.15) is 52.3 Å². The summed E-state index contributed by atoms with van der Waals surface area (Å²) in [6.45, 7) is 7.39. The summed E-state index contributed by atoms with van der Waals surface area (Å²) < 4.78 is 5.11. The first-order valence-corrected chi connectivity index (χ1v) is 6.55. The summed E-state index contributed by atoms with van der Waals surface area (Å²) in [5.74, 6) is -0.217. The van der Waals surface area contributed by atoms with E-state index in [4.69, 9.17) is 9.63 Å².